The van der Waals surface area contributed by atoms with E-state index in [4.69, 9.17) is 0 Å². The van der Waals surface area contributed by atoms with Crippen LogP contribution in [0.1, 0.15) is 11.3 Å². The van der Waals surface area contributed by atoms with Gasteiger partial charge in [-0.2, -0.15) is 0 Å². The number of thiophene rings is 1. The lowest BCUT2D eigenvalue weighted by atomic mass is 10.3. The summed E-state index contributed by atoms with van der Waals surface area (Å²) in [4.78, 5) is 26.0. The number of carbonyl (C=O) groups is 2. The van der Waals surface area contributed by atoms with Crippen LogP contribution < -0.4 is 5.32 Å². The molecule has 7 heteroatoms. The van der Waals surface area contributed by atoms with Crippen molar-refractivity contribution in [2.24, 2.45) is 0 Å². The lowest BCUT2D eigenvalue weighted by Gasteiger charge is -2.13. The van der Waals surface area contributed by atoms with Crippen LogP contribution in [0.25, 0.3) is 0 Å². The van der Waals surface area contributed by atoms with Crippen molar-refractivity contribution in [1.29, 1.82) is 0 Å². The Bertz CT molecular complexity index is 464. The van der Waals surface area contributed by atoms with Crippen LogP contribution >= 0.6 is 39.0 Å². The molecule has 104 valence electrons. The highest BCUT2D eigenvalue weighted by molar-refractivity contribution is 9.11. The van der Waals surface area contributed by atoms with Gasteiger partial charge in [0.1, 0.15) is 0 Å². The van der Waals surface area contributed by atoms with Gasteiger partial charge in [-0.3, -0.25) is 9.59 Å². The molecule has 1 fully saturated rings. The normalized spacial score (nSPS) is 15.0. The van der Waals surface area contributed by atoms with Crippen molar-refractivity contribution in [3.8, 4) is 0 Å². The predicted octanol–water partition coefficient (Wildman–Crippen LogP) is 2.73. The van der Waals surface area contributed by atoms with Gasteiger partial charge in [0.25, 0.3) is 5.24 Å². The second-order valence-corrected chi connectivity index (χ2v) is 7.75. The fourth-order valence-electron chi connectivity index (χ4n) is 1.76. The number of thioether (sulfide) groups is 1. The predicted molar refractivity (Wildman–Crippen MR) is 82.8 cm³/mol. The minimum Gasteiger partial charge on any atom is -0.356 e. The van der Waals surface area contributed by atoms with Gasteiger partial charge in [-0.05, 0) is 34.5 Å². The van der Waals surface area contributed by atoms with Crippen molar-refractivity contribution in [2.75, 3.05) is 25.4 Å². The first kappa shape index (κ1) is 14.9. The SMILES string of the molecule is O=C(CCN1CCSC1=O)NCCc1ccc(Br)s1. The molecule has 4 nitrogen and oxygen atoms in total. The molecule has 1 aliphatic rings. The third kappa shape index (κ3) is 4.81. The molecule has 2 heterocycles. The van der Waals surface area contributed by atoms with Crippen LogP contribution in [0.2, 0.25) is 0 Å². The monoisotopic (exact) mass is 362 g/mol. The van der Waals surface area contributed by atoms with Gasteiger partial charge >= 0.3 is 0 Å². The molecule has 2 rings (SSSR count). The molecule has 1 saturated heterocycles. The van der Waals surface area contributed by atoms with Crippen LogP contribution in [0, 0.1) is 0 Å². The van der Waals surface area contributed by atoms with Gasteiger partial charge in [-0.25, -0.2) is 0 Å². The van der Waals surface area contributed by atoms with Crippen LogP contribution in [0.5, 0.6) is 0 Å². The van der Waals surface area contributed by atoms with Gasteiger partial charge in [0.15, 0.2) is 0 Å². The van der Waals surface area contributed by atoms with E-state index < -0.39 is 0 Å². The molecule has 0 aliphatic carbocycles. The van der Waals surface area contributed by atoms with Gasteiger partial charge in [-0.1, -0.05) is 11.8 Å². The van der Waals surface area contributed by atoms with Crippen LogP contribution in [-0.4, -0.2) is 41.4 Å². The zero-order chi connectivity index (χ0) is 13.7. The number of amides is 2. The Labute approximate surface area is 129 Å². The average molecular weight is 363 g/mol. The first-order valence-electron chi connectivity index (χ1n) is 6.08. The summed E-state index contributed by atoms with van der Waals surface area (Å²) in [6.45, 7) is 1.94. The number of nitrogens with one attached hydrogen (secondary N) is 1. The quantitative estimate of drug-likeness (QED) is 0.846. The molecule has 0 atom stereocenters. The summed E-state index contributed by atoms with van der Waals surface area (Å²) in [6.07, 6.45) is 1.24. The van der Waals surface area contributed by atoms with Crippen LogP contribution in [0.4, 0.5) is 4.79 Å². The number of rotatable bonds is 6. The van der Waals surface area contributed by atoms with Crippen LogP contribution in [0.15, 0.2) is 15.9 Å². The third-order valence-electron chi connectivity index (χ3n) is 2.78. The Hall–Kier alpha value is -0.530. The van der Waals surface area contributed by atoms with E-state index in [1.54, 1.807) is 16.2 Å². The van der Waals surface area contributed by atoms with Crippen molar-refractivity contribution in [3.63, 3.8) is 0 Å². The summed E-state index contributed by atoms with van der Waals surface area (Å²) in [5.41, 5.74) is 0. The fourth-order valence-corrected chi connectivity index (χ4v) is 4.10. The molecule has 0 bridgehead atoms. The maximum Gasteiger partial charge on any atom is 0.281 e. The minimum atomic E-state index is 0.0142. The molecule has 1 aromatic heterocycles. The van der Waals surface area contributed by atoms with E-state index >= 15 is 0 Å². The summed E-state index contributed by atoms with van der Waals surface area (Å²) in [6, 6.07) is 4.07. The number of nitrogens with zero attached hydrogens (tertiary/aromatic N) is 1. The van der Waals surface area contributed by atoms with Crippen molar-refractivity contribution < 1.29 is 9.59 Å². The summed E-state index contributed by atoms with van der Waals surface area (Å²) >= 11 is 6.42. The number of hydrogen-bond donors (Lipinski definition) is 1. The maximum absolute atomic E-state index is 11.6. The number of hydrogen-bond acceptors (Lipinski definition) is 4. The molecule has 0 unspecified atom stereocenters. The van der Waals surface area contributed by atoms with Gasteiger partial charge < -0.3 is 10.2 Å². The van der Waals surface area contributed by atoms with Crippen molar-refractivity contribution in [2.45, 2.75) is 12.8 Å². The molecule has 0 saturated carbocycles. The summed E-state index contributed by atoms with van der Waals surface area (Å²) < 4.78 is 1.11. The zero-order valence-electron chi connectivity index (χ0n) is 10.4. The minimum absolute atomic E-state index is 0.0142. The Morgan fingerprint density at radius 1 is 1.47 bits per heavy atom. The third-order valence-corrected chi connectivity index (χ3v) is 5.35. The fraction of sp³-hybridized carbons (Fsp3) is 0.500. The molecule has 0 aromatic carbocycles. The smallest absolute Gasteiger partial charge is 0.281 e. The van der Waals surface area contributed by atoms with E-state index in [1.165, 1.54) is 16.6 Å². The van der Waals surface area contributed by atoms with Crippen molar-refractivity contribution in [1.82, 2.24) is 10.2 Å². The van der Waals surface area contributed by atoms with E-state index in [1.807, 2.05) is 6.07 Å². The van der Waals surface area contributed by atoms with Crippen molar-refractivity contribution >= 4 is 50.2 Å². The second-order valence-electron chi connectivity index (χ2n) is 4.16. The van der Waals surface area contributed by atoms with Crippen molar-refractivity contribution in [3.05, 3.63) is 20.8 Å². The van der Waals surface area contributed by atoms with E-state index in [9.17, 15) is 9.59 Å². The van der Waals surface area contributed by atoms with E-state index in [-0.39, 0.29) is 11.1 Å². The van der Waals surface area contributed by atoms with Gasteiger partial charge in [0.2, 0.25) is 5.91 Å². The van der Waals surface area contributed by atoms with Gasteiger partial charge in [-0.15, -0.1) is 11.3 Å². The zero-order valence-corrected chi connectivity index (χ0v) is 13.6. The van der Waals surface area contributed by atoms with E-state index in [2.05, 4.69) is 27.3 Å². The molecule has 19 heavy (non-hydrogen) atoms. The molecule has 0 spiro atoms. The van der Waals surface area contributed by atoms with Gasteiger partial charge in [0, 0.05) is 36.7 Å². The highest BCUT2D eigenvalue weighted by atomic mass is 79.9. The highest BCUT2D eigenvalue weighted by Gasteiger charge is 2.21. The summed E-state index contributed by atoms with van der Waals surface area (Å²) in [5.74, 6) is 0.855. The number of halogens is 1. The Morgan fingerprint density at radius 2 is 2.32 bits per heavy atom. The molecule has 1 aromatic rings. The maximum atomic E-state index is 11.6. The van der Waals surface area contributed by atoms with E-state index in [0.717, 1.165) is 22.5 Å². The largest absolute Gasteiger partial charge is 0.356 e. The first-order valence-corrected chi connectivity index (χ1v) is 8.67. The average Bonchev–Trinajstić information content (AvgIpc) is 2.96. The van der Waals surface area contributed by atoms with Crippen LogP contribution in [-0.2, 0) is 11.2 Å². The standard InChI is InChI=1S/C12H15BrN2O2S2/c13-10-2-1-9(19-10)3-5-14-11(16)4-6-15-7-8-18-12(15)17/h1-2H,3-8H2,(H,14,16). The molecular formula is C12H15BrN2O2S2. The Balaban J connectivity index is 1.60. The summed E-state index contributed by atoms with van der Waals surface area (Å²) in [7, 11) is 0. The lowest BCUT2D eigenvalue weighted by molar-refractivity contribution is -0.121. The first-order chi connectivity index (χ1) is 9.15. The highest BCUT2D eigenvalue weighted by Crippen LogP contribution is 2.22. The number of carbonyl (C=O) groups excluding carboxylic acids is 2. The Morgan fingerprint density at radius 3 is 2.95 bits per heavy atom. The topological polar surface area (TPSA) is 49.4 Å². The van der Waals surface area contributed by atoms with E-state index in [0.29, 0.717) is 19.5 Å². The van der Waals surface area contributed by atoms with Gasteiger partial charge in [0.05, 0.1) is 3.79 Å². The second kappa shape index (κ2) is 7.31. The van der Waals surface area contributed by atoms with Crippen LogP contribution in [0.3, 0.4) is 0 Å². The molecule has 1 aliphatic heterocycles. The lowest BCUT2D eigenvalue weighted by Crippen LogP contribution is -2.31. The molecule has 2 amide bonds. The molecule has 0 radical (unpaired) electrons. The summed E-state index contributed by atoms with van der Waals surface area (Å²) in [5, 5.41) is 2.98. The molecule has 1 N–H and O–H groups in total. The Kier molecular flexibility index (Phi) is 5.72. The molecular weight excluding hydrogens is 348 g/mol.